The Morgan fingerprint density at radius 1 is 1.22 bits per heavy atom. The van der Waals surface area contributed by atoms with Crippen molar-refractivity contribution < 1.29 is 4.79 Å². The van der Waals surface area contributed by atoms with Crippen LogP contribution in [0.2, 0.25) is 0 Å². The number of nitriles is 1. The van der Waals surface area contributed by atoms with Gasteiger partial charge in [0.1, 0.15) is 0 Å². The molecule has 0 spiro atoms. The molecule has 1 amide bonds. The van der Waals surface area contributed by atoms with Crippen molar-refractivity contribution in [2.45, 2.75) is 29.9 Å². The molecular formula is C22H19N7OS2. The minimum atomic E-state index is -0.282. The van der Waals surface area contributed by atoms with E-state index >= 15 is 0 Å². The van der Waals surface area contributed by atoms with Gasteiger partial charge in [0.2, 0.25) is 5.13 Å². The summed E-state index contributed by atoms with van der Waals surface area (Å²) in [5.74, 6) is 1.14. The summed E-state index contributed by atoms with van der Waals surface area (Å²) in [6, 6.07) is 15.1. The summed E-state index contributed by atoms with van der Waals surface area (Å²) < 4.78 is 2.44. The van der Waals surface area contributed by atoms with Gasteiger partial charge in [-0.25, -0.2) is 9.67 Å². The summed E-state index contributed by atoms with van der Waals surface area (Å²) in [5, 5.41) is 24.8. The number of hydrogen-bond donors (Lipinski definition) is 1. The van der Waals surface area contributed by atoms with Gasteiger partial charge in [-0.05, 0) is 35.7 Å². The van der Waals surface area contributed by atoms with Crippen molar-refractivity contribution in [2.24, 2.45) is 0 Å². The summed E-state index contributed by atoms with van der Waals surface area (Å²) in [7, 11) is 0. The molecule has 0 atom stereocenters. The molecule has 3 aromatic heterocycles. The number of anilines is 1. The van der Waals surface area contributed by atoms with E-state index in [-0.39, 0.29) is 11.8 Å². The highest BCUT2D eigenvalue weighted by Crippen LogP contribution is 2.29. The van der Waals surface area contributed by atoms with Crippen molar-refractivity contribution in [3.05, 3.63) is 77.2 Å². The number of aromatic nitrogens is 5. The fourth-order valence-electron chi connectivity index (χ4n) is 3.05. The molecule has 0 fully saturated rings. The molecule has 0 unspecified atom stereocenters. The highest BCUT2D eigenvalue weighted by atomic mass is 32.2. The minimum absolute atomic E-state index is 0.0632. The average molecular weight is 462 g/mol. The molecule has 160 valence electrons. The Kier molecular flexibility index (Phi) is 6.58. The van der Waals surface area contributed by atoms with Crippen molar-refractivity contribution in [1.29, 1.82) is 5.26 Å². The van der Waals surface area contributed by atoms with Gasteiger partial charge in [0.25, 0.3) is 5.91 Å². The lowest BCUT2D eigenvalue weighted by atomic mass is 10.1. The normalized spacial score (nSPS) is 10.8. The van der Waals surface area contributed by atoms with Crippen molar-refractivity contribution in [2.75, 3.05) is 5.32 Å². The predicted octanol–water partition coefficient (Wildman–Crippen LogP) is 4.66. The molecule has 4 rings (SSSR count). The summed E-state index contributed by atoms with van der Waals surface area (Å²) in [6.45, 7) is 4.02. The van der Waals surface area contributed by atoms with Gasteiger partial charge in [0, 0.05) is 11.9 Å². The first kappa shape index (κ1) is 21.7. The summed E-state index contributed by atoms with van der Waals surface area (Å²) in [5.41, 5.74) is 2.97. The number of rotatable bonds is 7. The smallest absolute Gasteiger partial charge is 0.260 e. The number of hydrogen-bond acceptors (Lipinski definition) is 8. The molecule has 4 aromatic rings. The van der Waals surface area contributed by atoms with Crippen LogP contribution in [0.3, 0.4) is 0 Å². The van der Waals surface area contributed by atoms with Crippen LogP contribution < -0.4 is 5.32 Å². The van der Waals surface area contributed by atoms with E-state index in [1.807, 2.05) is 44.2 Å². The second kappa shape index (κ2) is 9.72. The standard InChI is InChI=1S/C22H19N7OS2/c1-14(2)19-17(12-25-29(19)18-5-3-4-10-24-18)20(30)26-21-27-28-22(32-21)31-13-16-8-6-15(11-23)7-9-16/h3-10,12,14H,13H2,1-2H3,(H,26,27,30). The second-order valence-corrected chi connectivity index (χ2v) is 9.32. The van der Waals surface area contributed by atoms with E-state index in [0.29, 0.717) is 27.8 Å². The number of carbonyl (C=O) groups excluding carboxylic acids is 1. The van der Waals surface area contributed by atoms with E-state index in [1.165, 1.54) is 23.1 Å². The lowest BCUT2D eigenvalue weighted by Gasteiger charge is -2.11. The number of thioether (sulfide) groups is 1. The third kappa shape index (κ3) is 4.85. The highest BCUT2D eigenvalue weighted by molar-refractivity contribution is 8.00. The molecular weight excluding hydrogens is 442 g/mol. The third-order valence-electron chi connectivity index (χ3n) is 4.54. The fraction of sp³-hybridized carbons (Fsp3) is 0.182. The molecule has 0 aliphatic carbocycles. The van der Waals surface area contributed by atoms with Crippen LogP contribution in [0.4, 0.5) is 5.13 Å². The van der Waals surface area contributed by atoms with Crippen LogP contribution in [0.25, 0.3) is 5.82 Å². The van der Waals surface area contributed by atoms with Crippen LogP contribution in [0, 0.1) is 11.3 Å². The maximum atomic E-state index is 13.0. The monoisotopic (exact) mass is 461 g/mol. The van der Waals surface area contributed by atoms with E-state index in [4.69, 9.17) is 5.26 Å². The SMILES string of the molecule is CC(C)c1c(C(=O)Nc2nnc(SCc3ccc(C#N)cc3)s2)cnn1-c1ccccn1. The van der Waals surface area contributed by atoms with E-state index in [1.54, 1.807) is 29.2 Å². The van der Waals surface area contributed by atoms with E-state index in [9.17, 15) is 4.79 Å². The lowest BCUT2D eigenvalue weighted by Crippen LogP contribution is -2.15. The number of nitrogens with zero attached hydrogens (tertiary/aromatic N) is 6. The summed E-state index contributed by atoms with van der Waals surface area (Å²) in [4.78, 5) is 17.3. The molecule has 1 aromatic carbocycles. The molecule has 3 heterocycles. The zero-order valence-corrected chi connectivity index (χ0v) is 19.0. The van der Waals surface area contributed by atoms with Crippen molar-refractivity contribution in [3.8, 4) is 11.9 Å². The third-order valence-corrected chi connectivity index (χ3v) is 6.58. The Morgan fingerprint density at radius 3 is 2.72 bits per heavy atom. The Labute approximate surface area is 193 Å². The Bertz CT molecular complexity index is 1260. The lowest BCUT2D eigenvalue weighted by molar-refractivity contribution is 0.102. The van der Waals surface area contributed by atoms with E-state index < -0.39 is 0 Å². The van der Waals surface area contributed by atoms with Crippen LogP contribution in [-0.4, -0.2) is 30.9 Å². The molecule has 0 saturated carbocycles. The number of amides is 1. The first-order valence-electron chi connectivity index (χ1n) is 9.81. The zero-order chi connectivity index (χ0) is 22.5. The maximum absolute atomic E-state index is 13.0. The van der Waals surface area contributed by atoms with Gasteiger partial charge in [-0.2, -0.15) is 10.4 Å². The highest BCUT2D eigenvalue weighted by Gasteiger charge is 2.22. The van der Waals surface area contributed by atoms with Crippen LogP contribution in [-0.2, 0) is 5.75 Å². The van der Waals surface area contributed by atoms with Gasteiger partial charge in [0.05, 0.1) is 29.1 Å². The topological polar surface area (TPSA) is 109 Å². The molecule has 0 bridgehead atoms. The second-order valence-electron chi connectivity index (χ2n) is 7.12. The average Bonchev–Trinajstić information content (AvgIpc) is 3.46. The molecule has 32 heavy (non-hydrogen) atoms. The van der Waals surface area contributed by atoms with Crippen LogP contribution in [0.5, 0.6) is 0 Å². The summed E-state index contributed by atoms with van der Waals surface area (Å²) >= 11 is 2.84. The minimum Gasteiger partial charge on any atom is -0.296 e. The van der Waals surface area contributed by atoms with Crippen molar-refractivity contribution >= 4 is 34.1 Å². The van der Waals surface area contributed by atoms with Gasteiger partial charge in [-0.1, -0.05) is 55.1 Å². The van der Waals surface area contributed by atoms with E-state index in [0.717, 1.165) is 15.6 Å². The molecule has 0 saturated heterocycles. The Hall–Kier alpha value is -3.55. The zero-order valence-electron chi connectivity index (χ0n) is 17.4. The number of nitrogens with one attached hydrogen (secondary N) is 1. The number of pyridine rings is 1. The van der Waals surface area contributed by atoms with Crippen LogP contribution >= 0.6 is 23.1 Å². The largest absolute Gasteiger partial charge is 0.296 e. The Balaban J connectivity index is 1.45. The van der Waals surface area contributed by atoms with Crippen molar-refractivity contribution in [1.82, 2.24) is 25.0 Å². The first-order chi connectivity index (χ1) is 15.5. The summed E-state index contributed by atoms with van der Waals surface area (Å²) in [6.07, 6.45) is 3.25. The van der Waals surface area contributed by atoms with Gasteiger partial charge in [-0.15, -0.1) is 10.2 Å². The predicted molar refractivity (Wildman–Crippen MR) is 124 cm³/mol. The molecule has 0 aliphatic heterocycles. The molecule has 0 aliphatic rings. The van der Waals surface area contributed by atoms with Gasteiger partial charge in [-0.3, -0.25) is 10.1 Å². The number of benzene rings is 1. The van der Waals surface area contributed by atoms with E-state index in [2.05, 4.69) is 31.7 Å². The van der Waals surface area contributed by atoms with Gasteiger partial charge in [0.15, 0.2) is 10.2 Å². The quantitative estimate of drug-likeness (QED) is 0.315. The van der Waals surface area contributed by atoms with Gasteiger partial charge < -0.3 is 0 Å². The van der Waals surface area contributed by atoms with Crippen LogP contribution in [0.15, 0.2) is 59.2 Å². The fourth-order valence-corrected chi connectivity index (χ4v) is 4.76. The van der Waals surface area contributed by atoms with Crippen molar-refractivity contribution in [3.63, 3.8) is 0 Å². The Morgan fingerprint density at radius 2 is 2.03 bits per heavy atom. The van der Waals surface area contributed by atoms with Gasteiger partial charge >= 0.3 is 0 Å². The number of carbonyl (C=O) groups is 1. The molecule has 1 N–H and O–H groups in total. The first-order valence-corrected chi connectivity index (χ1v) is 11.6. The molecule has 8 nitrogen and oxygen atoms in total. The molecule has 10 heteroatoms. The van der Waals surface area contributed by atoms with Crippen LogP contribution in [0.1, 0.15) is 46.9 Å². The maximum Gasteiger partial charge on any atom is 0.260 e. The molecule has 0 radical (unpaired) electrons.